The average molecular weight is 444 g/mol. The van der Waals surface area contributed by atoms with Crippen molar-refractivity contribution >= 4 is 40.6 Å². The van der Waals surface area contributed by atoms with Gasteiger partial charge in [-0.2, -0.15) is 0 Å². The van der Waals surface area contributed by atoms with E-state index in [1.807, 2.05) is 38.3 Å². The van der Waals surface area contributed by atoms with Crippen molar-refractivity contribution in [2.75, 3.05) is 5.32 Å². The molecule has 0 saturated heterocycles. The van der Waals surface area contributed by atoms with E-state index in [0.29, 0.717) is 5.69 Å². The first kappa shape index (κ1) is 22.0. The summed E-state index contributed by atoms with van der Waals surface area (Å²) in [5.41, 5.74) is 1.52. The maximum Gasteiger partial charge on any atom is 0.254 e. The maximum absolute atomic E-state index is 13.9. The number of benzene rings is 2. The van der Waals surface area contributed by atoms with Gasteiger partial charge < -0.3 is 10.6 Å². The van der Waals surface area contributed by atoms with Crippen LogP contribution in [-0.4, -0.2) is 22.8 Å². The Bertz CT molecular complexity index is 1030. The van der Waals surface area contributed by atoms with Crippen molar-refractivity contribution in [3.05, 3.63) is 71.0 Å². The number of hydrogen-bond donors (Lipinski definition) is 2. The normalized spacial score (nSPS) is 11.9. The number of carbonyl (C=O) groups excluding carboxylic acids is 2. The SMILES string of the molecule is Cc1csc(Sc2ccc(NC(=O)C(NC(=O)c3ccccc3F)C(C)C)cc2)n1. The molecule has 0 aliphatic carbocycles. The van der Waals surface area contributed by atoms with Crippen LogP contribution in [0.1, 0.15) is 29.9 Å². The Morgan fingerprint density at radius 3 is 2.40 bits per heavy atom. The van der Waals surface area contributed by atoms with Gasteiger partial charge in [-0.05, 0) is 49.2 Å². The molecule has 0 aliphatic rings. The highest BCUT2D eigenvalue weighted by atomic mass is 32.2. The van der Waals surface area contributed by atoms with Crippen molar-refractivity contribution in [1.82, 2.24) is 10.3 Å². The second-order valence-corrected chi connectivity index (χ2v) is 9.22. The molecule has 2 aromatic carbocycles. The van der Waals surface area contributed by atoms with Gasteiger partial charge in [0.1, 0.15) is 11.9 Å². The third-order valence-electron chi connectivity index (χ3n) is 4.28. The number of nitrogens with zero attached hydrogens (tertiary/aromatic N) is 1. The maximum atomic E-state index is 13.9. The van der Waals surface area contributed by atoms with Crippen LogP contribution in [0.4, 0.5) is 10.1 Å². The lowest BCUT2D eigenvalue weighted by atomic mass is 10.0. The zero-order valence-electron chi connectivity index (χ0n) is 16.8. The minimum Gasteiger partial charge on any atom is -0.340 e. The third kappa shape index (κ3) is 5.67. The molecule has 3 rings (SSSR count). The van der Waals surface area contributed by atoms with E-state index in [9.17, 15) is 14.0 Å². The number of nitrogens with one attached hydrogen (secondary N) is 2. The zero-order valence-corrected chi connectivity index (χ0v) is 18.4. The summed E-state index contributed by atoms with van der Waals surface area (Å²) in [6.45, 7) is 5.60. The molecule has 0 bridgehead atoms. The van der Waals surface area contributed by atoms with Gasteiger partial charge in [0.05, 0.1) is 5.56 Å². The van der Waals surface area contributed by atoms with Gasteiger partial charge in [-0.15, -0.1) is 11.3 Å². The summed E-state index contributed by atoms with van der Waals surface area (Å²) in [4.78, 5) is 30.6. The van der Waals surface area contributed by atoms with Gasteiger partial charge in [0.2, 0.25) is 5.91 Å². The lowest BCUT2D eigenvalue weighted by Crippen LogP contribution is -2.47. The molecular formula is C22H22FN3O2S2. The number of carbonyl (C=O) groups is 2. The molecule has 0 radical (unpaired) electrons. The van der Waals surface area contributed by atoms with E-state index in [2.05, 4.69) is 15.6 Å². The minimum atomic E-state index is -0.801. The van der Waals surface area contributed by atoms with Gasteiger partial charge in [-0.1, -0.05) is 37.7 Å². The lowest BCUT2D eigenvalue weighted by molar-refractivity contribution is -0.118. The van der Waals surface area contributed by atoms with Crippen molar-refractivity contribution in [2.24, 2.45) is 5.92 Å². The summed E-state index contributed by atoms with van der Waals surface area (Å²) in [5.74, 6) is -1.77. The van der Waals surface area contributed by atoms with Crippen LogP contribution >= 0.6 is 23.1 Å². The predicted octanol–water partition coefficient (Wildman–Crippen LogP) is 5.13. The highest BCUT2D eigenvalue weighted by Gasteiger charge is 2.25. The Morgan fingerprint density at radius 1 is 1.10 bits per heavy atom. The first-order chi connectivity index (χ1) is 14.3. The van der Waals surface area contributed by atoms with E-state index < -0.39 is 17.8 Å². The number of rotatable bonds is 7. The van der Waals surface area contributed by atoms with E-state index in [0.717, 1.165) is 14.9 Å². The van der Waals surface area contributed by atoms with Crippen molar-refractivity contribution in [1.29, 1.82) is 0 Å². The first-order valence-electron chi connectivity index (χ1n) is 9.40. The molecule has 0 aliphatic heterocycles. The second-order valence-electron chi connectivity index (χ2n) is 7.05. The van der Waals surface area contributed by atoms with Gasteiger partial charge >= 0.3 is 0 Å². The fraction of sp³-hybridized carbons (Fsp3) is 0.227. The van der Waals surface area contributed by atoms with E-state index in [1.165, 1.54) is 18.2 Å². The number of halogens is 1. The summed E-state index contributed by atoms with van der Waals surface area (Å²) in [7, 11) is 0. The van der Waals surface area contributed by atoms with Crippen molar-refractivity contribution in [3.63, 3.8) is 0 Å². The smallest absolute Gasteiger partial charge is 0.254 e. The summed E-state index contributed by atoms with van der Waals surface area (Å²) < 4.78 is 14.8. The van der Waals surface area contributed by atoms with Gasteiger partial charge in [0.15, 0.2) is 4.34 Å². The van der Waals surface area contributed by atoms with Gasteiger partial charge in [-0.3, -0.25) is 9.59 Å². The average Bonchev–Trinajstić information content (AvgIpc) is 3.12. The summed E-state index contributed by atoms with van der Waals surface area (Å²) in [6, 6.07) is 12.3. The molecule has 0 spiro atoms. The topological polar surface area (TPSA) is 71.1 Å². The predicted molar refractivity (Wildman–Crippen MR) is 119 cm³/mol. The Labute approximate surface area is 183 Å². The Morgan fingerprint density at radius 2 is 1.80 bits per heavy atom. The number of hydrogen-bond acceptors (Lipinski definition) is 5. The molecule has 1 heterocycles. The number of aromatic nitrogens is 1. The molecule has 30 heavy (non-hydrogen) atoms. The molecule has 8 heteroatoms. The van der Waals surface area contributed by atoms with Crippen molar-refractivity contribution in [3.8, 4) is 0 Å². The lowest BCUT2D eigenvalue weighted by Gasteiger charge is -2.22. The molecule has 1 atom stereocenters. The van der Waals surface area contributed by atoms with Crippen LogP contribution in [0.5, 0.6) is 0 Å². The Hall–Kier alpha value is -2.71. The molecule has 1 unspecified atom stereocenters. The summed E-state index contributed by atoms with van der Waals surface area (Å²) in [5, 5.41) is 7.46. The standard InChI is InChI=1S/C22H22FN3O2S2/c1-13(2)19(26-20(27)17-6-4-5-7-18(17)23)21(28)25-15-8-10-16(11-9-15)30-22-24-14(3)12-29-22/h4-13,19H,1-3H3,(H,25,28)(H,26,27). The molecular weight excluding hydrogens is 421 g/mol. The van der Waals surface area contributed by atoms with Crippen LogP contribution < -0.4 is 10.6 Å². The molecule has 3 aromatic rings. The molecule has 0 fully saturated rings. The fourth-order valence-corrected chi connectivity index (χ4v) is 4.52. The second kappa shape index (κ2) is 9.86. The van der Waals surface area contributed by atoms with Crippen LogP contribution in [0.15, 0.2) is 63.1 Å². The molecule has 2 amide bonds. The molecule has 1 aromatic heterocycles. The number of amides is 2. The Balaban J connectivity index is 1.64. The Kier molecular flexibility index (Phi) is 7.23. The van der Waals surface area contributed by atoms with Gasteiger partial charge in [0.25, 0.3) is 5.91 Å². The van der Waals surface area contributed by atoms with Crippen LogP contribution in [0.2, 0.25) is 0 Å². The van der Waals surface area contributed by atoms with E-state index in [4.69, 9.17) is 0 Å². The van der Waals surface area contributed by atoms with Crippen LogP contribution in [0, 0.1) is 18.7 Å². The van der Waals surface area contributed by atoms with Gasteiger partial charge in [0, 0.05) is 21.7 Å². The quantitative estimate of drug-likeness (QED) is 0.531. The summed E-state index contributed by atoms with van der Waals surface area (Å²) >= 11 is 3.14. The van der Waals surface area contributed by atoms with E-state index >= 15 is 0 Å². The number of aryl methyl sites for hydroxylation is 1. The fourth-order valence-electron chi connectivity index (χ4n) is 2.71. The molecule has 156 valence electrons. The summed E-state index contributed by atoms with van der Waals surface area (Å²) in [6.07, 6.45) is 0. The number of thiazole rings is 1. The largest absolute Gasteiger partial charge is 0.340 e. The molecule has 2 N–H and O–H groups in total. The van der Waals surface area contributed by atoms with E-state index in [1.54, 1.807) is 41.3 Å². The highest BCUT2D eigenvalue weighted by Crippen LogP contribution is 2.30. The molecule has 0 saturated carbocycles. The first-order valence-corrected chi connectivity index (χ1v) is 11.1. The van der Waals surface area contributed by atoms with Crippen molar-refractivity contribution < 1.29 is 14.0 Å². The van der Waals surface area contributed by atoms with Crippen molar-refractivity contribution in [2.45, 2.75) is 36.0 Å². The molecule has 5 nitrogen and oxygen atoms in total. The highest BCUT2D eigenvalue weighted by molar-refractivity contribution is 8.01. The van der Waals surface area contributed by atoms with Gasteiger partial charge in [-0.25, -0.2) is 9.37 Å². The number of anilines is 1. The zero-order chi connectivity index (χ0) is 21.7. The van der Waals surface area contributed by atoms with Crippen LogP contribution in [0.3, 0.4) is 0 Å². The monoisotopic (exact) mass is 443 g/mol. The van der Waals surface area contributed by atoms with Crippen LogP contribution in [-0.2, 0) is 4.79 Å². The van der Waals surface area contributed by atoms with Crippen LogP contribution in [0.25, 0.3) is 0 Å². The minimum absolute atomic E-state index is 0.0882. The van der Waals surface area contributed by atoms with E-state index in [-0.39, 0.29) is 17.4 Å². The third-order valence-corrected chi connectivity index (χ3v) is 6.34.